The van der Waals surface area contributed by atoms with Gasteiger partial charge < -0.3 is 14.7 Å². The third kappa shape index (κ3) is 3.30. The predicted molar refractivity (Wildman–Crippen MR) is 81.1 cm³/mol. The molecule has 0 amide bonds. The van der Waals surface area contributed by atoms with Crippen LogP contribution < -0.4 is 4.74 Å². The highest BCUT2D eigenvalue weighted by molar-refractivity contribution is 5.83. The molecule has 1 aliphatic rings. The Bertz CT molecular complexity index is 570. The molecule has 20 heavy (non-hydrogen) atoms. The fraction of sp³-hybridized carbons (Fsp3) is 0.412. The molecular formula is C17H21NO2. The van der Waals surface area contributed by atoms with Gasteiger partial charge in [-0.1, -0.05) is 30.3 Å². The van der Waals surface area contributed by atoms with Gasteiger partial charge in [-0.25, -0.2) is 0 Å². The quantitative estimate of drug-likeness (QED) is 0.849. The highest BCUT2D eigenvalue weighted by atomic mass is 16.5. The molecule has 0 radical (unpaired) electrons. The van der Waals surface area contributed by atoms with Crippen LogP contribution in [0.5, 0.6) is 5.75 Å². The van der Waals surface area contributed by atoms with E-state index in [-0.39, 0.29) is 6.10 Å². The van der Waals surface area contributed by atoms with Crippen molar-refractivity contribution in [1.82, 2.24) is 4.90 Å². The van der Waals surface area contributed by atoms with Crippen molar-refractivity contribution in [2.75, 3.05) is 26.2 Å². The maximum absolute atomic E-state index is 9.46. The van der Waals surface area contributed by atoms with E-state index in [1.165, 1.54) is 10.8 Å². The van der Waals surface area contributed by atoms with E-state index >= 15 is 0 Å². The summed E-state index contributed by atoms with van der Waals surface area (Å²) in [6.07, 6.45) is 1.78. The zero-order chi connectivity index (χ0) is 13.8. The van der Waals surface area contributed by atoms with Crippen LogP contribution in [0.4, 0.5) is 0 Å². The lowest BCUT2D eigenvalue weighted by Crippen LogP contribution is -2.24. The summed E-state index contributed by atoms with van der Waals surface area (Å²) >= 11 is 0. The van der Waals surface area contributed by atoms with Crippen LogP contribution in [0.15, 0.2) is 42.5 Å². The molecule has 1 aliphatic heterocycles. The molecule has 106 valence electrons. The minimum absolute atomic E-state index is 0.128. The van der Waals surface area contributed by atoms with Crippen LogP contribution in [0.2, 0.25) is 0 Å². The summed E-state index contributed by atoms with van der Waals surface area (Å²) in [7, 11) is 0. The largest absolute Gasteiger partial charge is 0.494 e. The van der Waals surface area contributed by atoms with E-state index in [1.807, 2.05) is 18.2 Å². The van der Waals surface area contributed by atoms with Crippen molar-refractivity contribution in [1.29, 1.82) is 0 Å². The lowest BCUT2D eigenvalue weighted by Gasteiger charge is -2.14. The highest BCUT2D eigenvalue weighted by Gasteiger charge is 2.19. The van der Waals surface area contributed by atoms with Gasteiger partial charge in [0.25, 0.3) is 0 Å². The van der Waals surface area contributed by atoms with E-state index in [2.05, 4.69) is 29.2 Å². The second-order valence-corrected chi connectivity index (χ2v) is 5.45. The lowest BCUT2D eigenvalue weighted by molar-refractivity contribution is 0.173. The number of aliphatic hydroxyl groups excluding tert-OH is 1. The first-order valence-corrected chi connectivity index (χ1v) is 7.33. The van der Waals surface area contributed by atoms with Gasteiger partial charge in [0.2, 0.25) is 0 Å². The van der Waals surface area contributed by atoms with E-state index in [1.54, 1.807) is 0 Å². The first-order chi connectivity index (χ1) is 9.81. The molecule has 0 aliphatic carbocycles. The summed E-state index contributed by atoms with van der Waals surface area (Å²) in [5, 5.41) is 11.9. The topological polar surface area (TPSA) is 32.7 Å². The zero-order valence-electron chi connectivity index (χ0n) is 11.7. The summed E-state index contributed by atoms with van der Waals surface area (Å²) in [6.45, 7) is 3.56. The van der Waals surface area contributed by atoms with Crippen molar-refractivity contribution >= 4 is 10.8 Å². The van der Waals surface area contributed by atoms with Gasteiger partial charge in [0.1, 0.15) is 5.75 Å². The SMILES string of the molecule is O[C@H]1CCN(CCCOc2ccc3ccccc3c2)C1. The molecule has 1 N–H and O–H groups in total. The van der Waals surface area contributed by atoms with Crippen LogP contribution >= 0.6 is 0 Å². The van der Waals surface area contributed by atoms with E-state index in [0.717, 1.165) is 44.8 Å². The minimum Gasteiger partial charge on any atom is -0.494 e. The van der Waals surface area contributed by atoms with Crippen molar-refractivity contribution in [3.05, 3.63) is 42.5 Å². The maximum atomic E-state index is 9.46. The summed E-state index contributed by atoms with van der Waals surface area (Å²) < 4.78 is 5.81. The highest BCUT2D eigenvalue weighted by Crippen LogP contribution is 2.20. The van der Waals surface area contributed by atoms with Crippen LogP contribution in [-0.2, 0) is 0 Å². The van der Waals surface area contributed by atoms with Crippen molar-refractivity contribution in [3.8, 4) is 5.75 Å². The summed E-state index contributed by atoms with van der Waals surface area (Å²) in [4.78, 5) is 2.30. The Morgan fingerprint density at radius 2 is 2.00 bits per heavy atom. The first-order valence-electron chi connectivity index (χ1n) is 7.33. The Hall–Kier alpha value is -1.58. The molecule has 1 heterocycles. The molecule has 0 spiro atoms. The van der Waals surface area contributed by atoms with Crippen LogP contribution in [-0.4, -0.2) is 42.4 Å². The molecule has 1 atom stereocenters. The molecule has 0 saturated carbocycles. The average molecular weight is 271 g/mol. The third-order valence-electron chi connectivity index (χ3n) is 3.86. The average Bonchev–Trinajstić information content (AvgIpc) is 2.89. The van der Waals surface area contributed by atoms with Gasteiger partial charge in [0.05, 0.1) is 12.7 Å². The standard InChI is InChI=1S/C17H21NO2/c19-16-8-10-18(13-16)9-3-11-20-17-7-6-14-4-1-2-5-15(14)12-17/h1-2,4-7,12,16,19H,3,8-11,13H2/t16-/m0/s1. The van der Waals surface area contributed by atoms with Gasteiger partial charge in [0, 0.05) is 19.6 Å². The Balaban J connectivity index is 1.47. The fourth-order valence-electron chi connectivity index (χ4n) is 2.75. The van der Waals surface area contributed by atoms with Crippen LogP contribution in [0.25, 0.3) is 10.8 Å². The first kappa shape index (κ1) is 13.4. The third-order valence-corrected chi connectivity index (χ3v) is 3.86. The predicted octanol–water partition coefficient (Wildman–Crippen LogP) is 2.68. The Kier molecular flexibility index (Phi) is 4.19. The molecule has 2 aromatic carbocycles. The number of likely N-dealkylation sites (tertiary alicyclic amines) is 1. The second-order valence-electron chi connectivity index (χ2n) is 5.45. The molecule has 2 aromatic rings. The number of fused-ring (bicyclic) bond motifs is 1. The number of hydrogen-bond acceptors (Lipinski definition) is 3. The number of aliphatic hydroxyl groups is 1. The maximum Gasteiger partial charge on any atom is 0.119 e. The molecule has 3 rings (SSSR count). The van der Waals surface area contributed by atoms with Gasteiger partial charge in [-0.05, 0) is 35.7 Å². The minimum atomic E-state index is -0.128. The lowest BCUT2D eigenvalue weighted by atomic mass is 10.1. The smallest absolute Gasteiger partial charge is 0.119 e. The Morgan fingerprint density at radius 3 is 2.80 bits per heavy atom. The molecule has 1 saturated heterocycles. The van der Waals surface area contributed by atoms with Crippen LogP contribution in [0.1, 0.15) is 12.8 Å². The molecule has 3 heteroatoms. The monoisotopic (exact) mass is 271 g/mol. The van der Waals surface area contributed by atoms with E-state index < -0.39 is 0 Å². The van der Waals surface area contributed by atoms with E-state index in [4.69, 9.17) is 4.74 Å². The van der Waals surface area contributed by atoms with Crippen molar-refractivity contribution in [2.24, 2.45) is 0 Å². The fourth-order valence-corrected chi connectivity index (χ4v) is 2.75. The number of nitrogens with zero attached hydrogens (tertiary/aromatic N) is 1. The van der Waals surface area contributed by atoms with E-state index in [0.29, 0.717) is 0 Å². The second kappa shape index (κ2) is 6.25. The number of ether oxygens (including phenoxy) is 1. The van der Waals surface area contributed by atoms with Gasteiger partial charge in [-0.3, -0.25) is 0 Å². The number of rotatable bonds is 5. The normalized spacial score (nSPS) is 19.6. The van der Waals surface area contributed by atoms with Crippen molar-refractivity contribution < 1.29 is 9.84 Å². The van der Waals surface area contributed by atoms with Crippen molar-refractivity contribution in [2.45, 2.75) is 18.9 Å². The number of hydrogen-bond donors (Lipinski definition) is 1. The van der Waals surface area contributed by atoms with Crippen LogP contribution in [0, 0.1) is 0 Å². The molecule has 3 nitrogen and oxygen atoms in total. The summed E-state index contributed by atoms with van der Waals surface area (Å²) in [6, 6.07) is 14.5. The van der Waals surface area contributed by atoms with Crippen LogP contribution in [0.3, 0.4) is 0 Å². The van der Waals surface area contributed by atoms with Gasteiger partial charge >= 0.3 is 0 Å². The Morgan fingerprint density at radius 1 is 1.15 bits per heavy atom. The molecule has 1 fully saturated rings. The van der Waals surface area contributed by atoms with Crippen molar-refractivity contribution in [3.63, 3.8) is 0 Å². The Labute approximate surface area is 119 Å². The molecular weight excluding hydrogens is 250 g/mol. The van der Waals surface area contributed by atoms with Gasteiger partial charge in [-0.2, -0.15) is 0 Å². The van der Waals surface area contributed by atoms with E-state index in [9.17, 15) is 5.11 Å². The van der Waals surface area contributed by atoms with Gasteiger partial charge in [0.15, 0.2) is 0 Å². The molecule has 0 aromatic heterocycles. The molecule has 0 unspecified atom stereocenters. The summed E-state index contributed by atoms with van der Waals surface area (Å²) in [5.74, 6) is 0.935. The number of β-amino-alcohol motifs (C(OH)–C–C–N with tert-alkyl or cyclic N) is 1. The zero-order valence-corrected chi connectivity index (χ0v) is 11.7. The number of benzene rings is 2. The molecule has 0 bridgehead atoms. The summed E-state index contributed by atoms with van der Waals surface area (Å²) in [5.41, 5.74) is 0. The van der Waals surface area contributed by atoms with Gasteiger partial charge in [-0.15, -0.1) is 0 Å².